The Morgan fingerprint density at radius 2 is 2.00 bits per heavy atom. The lowest BCUT2D eigenvalue weighted by molar-refractivity contribution is -0.385. The summed E-state index contributed by atoms with van der Waals surface area (Å²) >= 11 is 0. The topological polar surface area (TPSA) is 130 Å². The van der Waals surface area contributed by atoms with Gasteiger partial charge >= 0.3 is 5.97 Å². The van der Waals surface area contributed by atoms with Crippen LogP contribution in [0.5, 0.6) is 5.75 Å². The maximum absolute atomic E-state index is 10.9. The Kier molecular flexibility index (Phi) is 3.27. The highest BCUT2D eigenvalue weighted by Crippen LogP contribution is 2.34. The molecule has 1 rings (SSSR count). The number of hydrogen-bond donors (Lipinski definition) is 3. The zero-order valence-corrected chi connectivity index (χ0v) is 8.63. The Morgan fingerprint density at radius 3 is 2.41 bits per heavy atom. The van der Waals surface area contributed by atoms with Crippen LogP contribution in [-0.2, 0) is 4.79 Å². The largest absolute Gasteiger partial charge is 0.506 e. The summed E-state index contributed by atoms with van der Waals surface area (Å²) in [6, 6.07) is 1.79. The molecule has 0 saturated heterocycles. The molecule has 90 valence electrons. The van der Waals surface area contributed by atoms with Crippen molar-refractivity contribution in [1.29, 1.82) is 0 Å². The minimum absolute atomic E-state index is 0.487. The number of benzene rings is 1. The molecule has 0 fully saturated rings. The van der Waals surface area contributed by atoms with Crippen LogP contribution >= 0.6 is 0 Å². The average molecular weight is 240 g/mol. The number of rotatable bonds is 3. The molecule has 0 radical (unpaired) electrons. The molecule has 3 N–H and O–H groups in total. The van der Waals surface area contributed by atoms with E-state index in [0.29, 0.717) is 0 Å². The van der Waals surface area contributed by atoms with E-state index in [-0.39, 0.29) is 0 Å². The number of anilines is 1. The molecule has 0 unspecified atom stereocenters. The van der Waals surface area contributed by atoms with Crippen LogP contribution in [0.1, 0.15) is 17.3 Å². The molecule has 0 aromatic heterocycles. The van der Waals surface area contributed by atoms with Gasteiger partial charge in [-0.2, -0.15) is 0 Å². The molecule has 0 spiro atoms. The molecular formula is C9H8N2O6. The Bertz CT molecular complexity index is 510. The van der Waals surface area contributed by atoms with Crippen LogP contribution in [0, 0.1) is 10.1 Å². The van der Waals surface area contributed by atoms with E-state index in [4.69, 9.17) is 5.11 Å². The van der Waals surface area contributed by atoms with Gasteiger partial charge in [0.05, 0.1) is 4.92 Å². The fraction of sp³-hybridized carbons (Fsp3) is 0.111. The van der Waals surface area contributed by atoms with Crippen molar-refractivity contribution in [2.24, 2.45) is 0 Å². The number of carbonyl (C=O) groups is 2. The van der Waals surface area contributed by atoms with Gasteiger partial charge in [-0.1, -0.05) is 0 Å². The summed E-state index contributed by atoms with van der Waals surface area (Å²) in [6.45, 7) is 1.09. The predicted molar refractivity (Wildman–Crippen MR) is 56.0 cm³/mol. The van der Waals surface area contributed by atoms with Crippen molar-refractivity contribution in [1.82, 2.24) is 0 Å². The lowest BCUT2D eigenvalue weighted by Gasteiger charge is -2.08. The number of hydrogen-bond acceptors (Lipinski definition) is 5. The average Bonchev–Trinajstić information content (AvgIpc) is 2.19. The van der Waals surface area contributed by atoms with Crippen molar-refractivity contribution in [3.63, 3.8) is 0 Å². The van der Waals surface area contributed by atoms with Crippen LogP contribution in [0.3, 0.4) is 0 Å². The molecule has 0 saturated carbocycles. The SMILES string of the molecule is CC(=O)Nc1c(O)ccc([N+](=O)[O-])c1C(=O)O. The zero-order chi connectivity index (χ0) is 13.2. The van der Waals surface area contributed by atoms with Gasteiger partial charge in [-0.05, 0) is 6.07 Å². The van der Waals surface area contributed by atoms with Crippen LogP contribution in [0.15, 0.2) is 12.1 Å². The number of phenols is 1. The minimum Gasteiger partial charge on any atom is -0.506 e. The normalized spacial score (nSPS) is 9.71. The van der Waals surface area contributed by atoms with Crippen molar-refractivity contribution < 1.29 is 24.7 Å². The van der Waals surface area contributed by atoms with Crippen molar-refractivity contribution in [3.05, 3.63) is 27.8 Å². The standard InChI is InChI=1S/C9H8N2O6/c1-4(12)10-8-6(13)3-2-5(11(16)17)7(8)9(14)15/h2-3,13H,1H3,(H,10,12)(H,14,15). The predicted octanol–water partition coefficient (Wildman–Crippen LogP) is 0.957. The highest BCUT2D eigenvalue weighted by Gasteiger charge is 2.26. The van der Waals surface area contributed by atoms with Crippen molar-refractivity contribution in [2.75, 3.05) is 5.32 Å². The van der Waals surface area contributed by atoms with Crippen LogP contribution in [0.2, 0.25) is 0 Å². The lowest BCUT2D eigenvalue weighted by atomic mass is 10.1. The van der Waals surface area contributed by atoms with E-state index in [1.807, 2.05) is 5.32 Å². The monoisotopic (exact) mass is 240 g/mol. The maximum atomic E-state index is 10.9. The first-order chi connectivity index (χ1) is 7.84. The molecule has 0 bridgehead atoms. The summed E-state index contributed by atoms with van der Waals surface area (Å²) in [5.41, 5.74) is -1.96. The smallest absolute Gasteiger partial charge is 0.345 e. The molecule has 17 heavy (non-hydrogen) atoms. The van der Waals surface area contributed by atoms with Gasteiger partial charge in [-0.25, -0.2) is 4.79 Å². The van der Waals surface area contributed by atoms with Crippen LogP contribution in [0.4, 0.5) is 11.4 Å². The van der Waals surface area contributed by atoms with Crippen molar-refractivity contribution in [3.8, 4) is 5.75 Å². The van der Waals surface area contributed by atoms with E-state index >= 15 is 0 Å². The molecule has 0 aliphatic carbocycles. The Hall–Kier alpha value is -2.64. The molecule has 0 aliphatic rings. The van der Waals surface area contributed by atoms with Crippen LogP contribution in [-0.4, -0.2) is 27.0 Å². The number of aromatic carboxylic acids is 1. The number of phenolic OH excluding ortho intramolecular Hbond substituents is 1. The fourth-order valence-electron chi connectivity index (χ4n) is 1.25. The van der Waals surface area contributed by atoms with Gasteiger partial charge in [0.25, 0.3) is 5.69 Å². The molecule has 1 amide bonds. The van der Waals surface area contributed by atoms with Crippen molar-refractivity contribution >= 4 is 23.3 Å². The highest BCUT2D eigenvalue weighted by molar-refractivity contribution is 6.04. The van der Waals surface area contributed by atoms with E-state index in [1.54, 1.807) is 0 Å². The molecule has 0 heterocycles. The van der Waals surface area contributed by atoms with Gasteiger partial charge in [0.1, 0.15) is 11.4 Å². The quantitative estimate of drug-likeness (QED) is 0.409. The van der Waals surface area contributed by atoms with Gasteiger partial charge in [0, 0.05) is 13.0 Å². The van der Waals surface area contributed by atoms with E-state index in [1.165, 1.54) is 0 Å². The van der Waals surface area contributed by atoms with E-state index in [9.17, 15) is 24.8 Å². The second-order valence-corrected chi connectivity index (χ2v) is 3.10. The van der Waals surface area contributed by atoms with Gasteiger partial charge in [0.15, 0.2) is 5.56 Å². The Balaban J connectivity index is 3.54. The number of amides is 1. The number of carboxylic acids is 1. The van der Waals surface area contributed by atoms with Gasteiger partial charge < -0.3 is 15.5 Å². The molecule has 8 nitrogen and oxygen atoms in total. The third-order valence-corrected chi connectivity index (χ3v) is 1.87. The number of carboxylic acid groups (broad SMARTS) is 1. The van der Waals surface area contributed by atoms with E-state index in [0.717, 1.165) is 19.1 Å². The summed E-state index contributed by atoms with van der Waals surface area (Å²) in [6.07, 6.45) is 0. The molecular weight excluding hydrogens is 232 g/mol. The number of nitro benzene ring substituents is 1. The maximum Gasteiger partial charge on any atom is 0.345 e. The van der Waals surface area contributed by atoms with Gasteiger partial charge in [0.2, 0.25) is 5.91 Å². The number of carbonyl (C=O) groups excluding carboxylic acids is 1. The highest BCUT2D eigenvalue weighted by atomic mass is 16.6. The first-order valence-corrected chi connectivity index (χ1v) is 4.35. The summed E-state index contributed by atoms with van der Waals surface area (Å²) in [4.78, 5) is 31.5. The summed E-state index contributed by atoms with van der Waals surface area (Å²) < 4.78 is 0. The molecule has 0 atom stereocenters. The lowest BCUT2D eigenvalue weighted by Crippen LogP contribution is -2.13. The molecule has 8 heteroatoms. The molecule has 1 aromatic carbocycles. The van der Waals surface area contributed by atoms with Gasteiger partial charge in [-0.3, -0.25) is 14.9 Å². The fourth-order valence-corrected chi connectivity index (χ4v) is 1.25. The van der Waals surface area contributed by atoms with Crippen LogP contribution < -0.4 is 5.32 Å². The number of nitrogens with zero attached hydrogens (tertiary/aromatic N) is 1. The zero-order valence-electron chi connectivity index (χ0n) is 8.63. The van der Waals surface area contributed by atoms with Gasteiger partial charge in [-0.15, -0.1) is 0 Å². The second kappa shape index (κ2) is 4.47. The number of aromatic hydroxyl groups is 1. The Labute approximate surface area is 94.6 Å². The summed E-state index contributed by atoms with van der Waals surface area (Å²) in [5.74, 6) is -2.82. The first-order valence-electron chi connectivity index (χ1n) is 4.35. The number of nitrogens with one attached hydrogen (secondary N) is 1. The third kappa shape index (κ3) is 2.48. The molecule has 0 aliphatic heterocycles. The Morgan fingerprint density at radius 1 is 1.41 bits per heavy atom. The van der Waals surface area contributed by atoms with E-state index in [2.05, 4.69) is 0 Å². The first kappa shape index (κ1) is 12.4. The van der Waals surface area contributed by atoms with E-state index < -0.39 is 39.5 Å². The number of nitro groups is 1. The second-order valence-electron chi connectivity index (χ2n) is 3.10. The third-order valence-electron chi connectivity index (χ3n) is 1.87. The summed E-state index contributed by atoms with van der Waals surface area (Å²) in [5, 5.41) is 30.9. The summed E-state index contributed by atoms with van der Waals surface area (Å²) in [7, 11) is 0. The van der Waals surface area contributed by atoms with Crippen LogP contribution in [0.25, 0.3) is 0 Å². The van der Waals surface area contributed by atoms with Crippen molar-refractivity contribution in [2.45, 2.75) is 6.92 Å². The minimum atomic E-state index is -1.61. The molecule has 1 aromatic rings.